The van der Waals surface area contributed by atoms with E-state index in [1.165, 1.54) is 0 Å². The van der Waals surface area contributed by atoms with Gasteiger partial charge in [0, 0.05) is 21.9 Å². The molecule has 6 nitrogen and oxygen atoms in total. The molecule has 1 aromatic heterocycles. The number of hydrogen-bond donors (Lipinski definition) is 1. The topological polar surface area (TPSA) is 73.2 Å². The maximum absolute atomic E-state index is 12.9. The second kappa shape index (κ2) is 7.24. The van der Waals surface area contributed by atoms with Crippen LogP contribution in [0.3, 0.4) is 0 Å². The van der Waals surface area contributed by atoms with Crippen molar-refractivity contribution < 1.29 is 13.7 Å². The highest BCUT2D eigenvalue weighted by Gasteiger charge is 2.28. The molecular formula is C21H21N3O3S. The van der Waals surface area contributed by atoms with Crippen LogP contribution in [-0.4, -0.2) is 27.0 Å². The lowest BCUT2D eigenvalue weighted by Crippen LogP contribution is -2.17. The highest BCUT2D eigenvalue weighted by Crippen LogP contribution is 2.32. The number of carbonyl (C=O) groups excluding carboxylic acids is 1. The average Bonchev–Trinajstić information content (AvgIpc) is 3.18. The summed E-state index contributed by atoms with van der Waals surface area (Å²) in [6, 6.07) is 13.2. The van der Waals surface area contributed by atoms with Gasteiger partial charge in [-0.1, -0.05) is 17.2 Å². The summed E-state index contributed by atoms with van der Waals surface area (Å²) in [4.78, 5) is 12.9. The van der Waals surface area contributed by atoms with E-state index in [1.807, 2.05) is 56.3 Å². The van der Waals surface area contributed by atoms with E-state index in [4.69, 9.17) is 4.74 Å². The first kappa shape index (κ1) is 18.4. The second-order valence-electron chi connectivity index (χ2n) is 6.94. The van der Waals surface area contributed by atoms with Gasteiger partial charge in [0.2, 0.25) is 0 Å². The third kappa shape index (κ3) is 3.45. The summed E-state index contributed by atoms with van der Waals surface area (Å²) in [5.41, 5.74) is 5.06. The van der Waals surface area contributed by atoms with E-state index in [0.29, 0.717) is 22.9 Å². The SMILES string of the molecule is COc1ccc(-n2nc3c(c2NC(=O)c2cc(C)cc(C)c2)CS(=O)C3)cc1. The lowest BCUT2D eigenvalue weighted by atomic mass is 10.1. The number of amides is 1. The molecular weight excluding hydrogens is 374 g/mol. The Labute approximate surface area is 166 Å². The molecule has 1 aliphatic heterocycles. The molecule has 3 aromatic rings. The van der Waals surface area contributed by atoms with Crippen molar-refractivity contribution in [2.24, 2.45) is 0 Å². The van der Waals surface area contributed by atoms with Crippen molar-refractivity contribution in [2.75, 3.05) is 12.4 Å². The van der Waals surface area contributed by atoms with Gasteiger partial charge in [0.25, 0.3) is 5.91 Å². The molecule has 144 valence electrons. The minimum absolute atomic E-state index is 0.207. The molecule has 1 N–H and O–H groups in total. The van der Waals surface area contributed by atoms with E-state index >= 15 is 0 Å². The Morgan fingerprint density at radius 3 is 2.43 bits per heavy atom. The molecule has 0 fully saturated rings. The van der Waals surface area contributed by atoms with Gasteiger partial charge in [-0.05, 0) is 50.2 Å². The van der Waals surface area contributed by atoms with Crippen molar-refractivity contribution in [3.05, 3.63) is 70.4 Å². The van der Waals surface area contributed by atoms with Gasteiger partial charge in [0.1, 0.15) is 11.6 Å². The summed E-state index contributed by atoms with van der Waals surface area (Å²) in [5, 5.41) is 7.62. The van der Waals surface area contributed by atoms with Gasteiger partial charge < -0.3 is 10.1 Å². The quantitative estimate of drug-likeness (QED) is 0.734. The van der Waals surface area contributed by atoms with Gasteiger partial charge in [0.15, 0.2) is 0 Å². The molecule has 0 aliphatic carbocycles. The maximum Gasteiger partial charge on any atom is 0.256 e. The summed E-state index contributed by atoms with van der Waals surface area (Å²) in [6.07, 6.45) is 0. The highest BCUT2D eigenvalue weighted by molar-refractivity contribution is 7.83. The first-order valence-corrected chi connectivity index (χ1v) is 10.4. The van der Waals surface area contributed by atoms with Crippen LogP contribution in [0.1, 0.15) is 32.7 Å². The molecule has 1 amide bonds. The number of ether oxygens (including phenoxy) is 1. The molecule has 0 saturated carbocycles. The minimum Gasteiger partial charge on any atom is -0.497 e. The summed E-state index contributed by atoms with van der Waals surface area (Å²) in [5.74, 6) is 1.92. The van der Waals surface area contributed by atoms with E-state index in [9.17, 15) is 9.00 Å². The van der Waals surface area contributed by atoms with E-state index < -0.39 is 10.8 Å². The molecule has 1 unspecified atom stereocenters. The molecule has 28 heavy (non-hydrogen) atoms. The number of methoxy groups -OCH3 is 1. The summed E-state index contributed by atoms with van der Waals surface area (Å²) in [6.45, 7) is 3.93. The van der Waals surface area contributed by atoms with Crippen LogP contribution in [-0.2, 0) is 22.3 Å². The highest BCUT2D eigenvalue weighted by atomic mass is 32.2. The largest absolute Gasteiger partial charge is 0.497 e. The number of fused-ring (bicyclic) bond motifs is 1. The Balaban J connectivity index is 1.74. The number of nitrogens with one attached hydrogen (secondary N) is 1. The molecule has 0 bridgehead atoms. The van der Waals surface area contributed by atoms with Gasteiger partial charge in [-0.25, -0.2) is 4.68 Å². The van der Waals surface area contributed by atoms with Crippen molar-refractivity contribution in [2.45, 2.75) is 25.4 Å². The van der Waals surface area contributed by atoms with Crippen molar-refractivity contribution >= 4 is 22.5 Å². The van der Waals surface area contributed by atoms with Crippen LogP contribution in [0, 0.1) is 13.8 Å². The third-order valence-corrected chi connectivity index (χ3v) is 5.91. The van der Waals surface area contributed by atoms with Crippen molar-refractivity contribution in [3.63, 3.8) is 0 Å². The molecule has 2 aromatic carbocycles. The van der Waals surface area contributed by atoms with Gasteiger partial charge >= 0.3 is 0 Å². The third-order valence-electron chi connectivity index (χ3n) is 4.70. The molecule has 0 radical (unpaired) electrons. The van der Waals surface area contributed by atoms with Crippen LogP contribution < -0.4 is 10.1 Å². The smallest absolute Gasteiger partial charge is 0.256 e. The van der Waals surface area contributed by atoms with Gasteiger partial charge in [-0.3, -0.25) is 9.00 Å². The van der Waals surface area contributed by atoms with Gasteiger partial charge in [0.05, 0.1) is 30.0 Å². The summed E-state index contributed by atoms with van der Waals surface area (Å²) < 4.78 is 18.9. The fourth-order valence-electron chi connectivity index (χ4n) is 3.45. The number of nitrogens with zero attached hydrogens (tertiary/aromatic N) is 2. The van der Waals surface area contributed by atoms with Crippen LogP contribution in [0.15, 0.2) is 42.5 Å². The van der Waals surface area contributed by atoms with E-state index in [0.717, 1.165) is 33.8 Å². The van der Waals surface area contributed by atoms with Crippen molar-refractivity contribution in [1.29, 1.82) is 0 Å². The van der Waals surface area contributed by atoms with Crippen LogP contribution >= 0.6 is 0 Å². The predicted octanol–water partition coefficient (Wildman–Crippen LogP) is 3.51. The number of anilines is 1. The normalized spacial score (nSPS) is 15.3. The van der Waals surface area contributed by atoms with Crippen LogP contribution in [0.5, 0.6) is 5.75 Å². The fourth-order valence-corrected chi connectivity index (χ4v) is 4.72. The van der Waals surface area contributed by atoms with E-state index in [1.54, 1.807) is 11.8 Å². The number of aryl methyl sites for hydroxylation is 2. The maximum atomic E-state index is 12.9. The molecule has 0 spiro atoms. The number of aromatic nitrogens is 2. The second-order valence-corrected chi connectivity index (χ2v) is 8.40. The molecule has 4 rings (SSSR count). The standard InChI is InChI=1S/C21H21N3O3S/c1-13-8-14(2)10-15(9-13)21(25)22-20-18-11-28(26)12-19(18)23-24(20)16-4-6-17(27-3)7-5-16/h4-10H,11-12H2,1-3H3,(H,22,25). The lowest BCUT2D eigenvalue weighted by Gasteiger charge is -2.12. The zero-order valence-corrected chi connectivity index (χ0v) is 16.8. The molecule has 1 atom stereocenters. The van der Waals surface area contributed by atoms with Crippen LogP contribution in [0.2, 0.25) is 0 Å². The first-order chi connectivity index (χ1) is 13.4. The van der Waals surface area contributed by atoms with E-state index in [2.05, 4.69) is 10.4 Å². The fraction of sp³-hybridized carbons (Fsp3) is 0.238. The number of benzene rings is 2. The predicted molar refractivity (Wildman–Crippen MR) is 110 cm³/mol. The Morgan fingerprint density at radius 2 is 1.79 bits per heavy atom. The minimum atomic E-state index is -0.982. The molecule has 7 heteroatoms. The Hall–Kier alpha value is -2.93. The van der Waals surface area contributed by atoms with Gasteiger partial charge in [-0.2, -0.15) is 5.10 Å². The van der Waals surface area contributed by atoms with E-state index in [-0.39, 0.29) is 5.91 Å². The molecule has 2 heterocycles. The number of rotatable bonds is 4. The van der Waals surface area contributed by atoms with Crippen LogP contribution in [0.4, 0.5) is 5.82 Å². The number of carbonyl (C=O) groups is 1. The zero-order valence-electron chi connectivity index (χ0n) is 16.0. The Bertz CT molecular complexity index is 1070. The molecule has 1 aliphatic rings. The average molecular weight is 395 g/mol. The first-order valence-electron chi connectivity index (χ1n) is 8.94. The van der Waals surface area contributed by atoms with Crippen LogP contribution in [0.25, 0.3) is 5.69 Å². The van der Waals surface area contributed by atoms with Crippen molar-refractivity contribution in [1.82, 2.24) is 9.78 Å². The summed E-state index contributed by atoms with van der Waals surface area (Å²) >= 11 is 0. The van der Waals surface area contributed by atoms with Gasteiger partial charge in [-0.15, -0.1) is 0 Å². The Morgan fingerprint density at radius 1 is 1.11 bits per heavy atom. The zero-order chi connectivity index (χ0) is 19.8. The number of hydrogen-bond acceptors (Lipinski definition) is 4. The Kier molecular flexibility index (Phi) is 4.77. The molecule has 0 saturated heterocycles. The lowest BCUT2D eigenvalue weighted by molar-refractivity contribution is 0.102. The summed E-state index contributed by atoms with van der Waals surface area (Å²) in [7, 11) is 0.631. The monoisotopic (exact) mass is 395 g/mol. The van der Waals surface area contributed by atoms with Crippen molar-refractivity contribution in [3.8, 4) is 11.4 Å².